The van der Waals surface area contributed by atoms with E-state index in [9.17, 15) is 4.39 Å². The number of methoxy groups -OCH3 is 1. The maximum absolute atomic E-state index is 13.7. The molecule has 1 aromatic carbocycles. The van der Waals surface area contributed by atoms with Gasteiger partial charge in [0.1, 0.15) is 11.6 Å². The van der Waals surface area contributed by atoms with Gasteiger partial charge >= 0.3 is 0 Å². The maximum atomic E-state index is 13.7. The van der Waals surface area contributed by atoms with E-state index < -0.39 is 0 Å². The van der Waals surface area contributed by atoms with Gasteiger partial charge in [0.25, 0.3) is 0 Å². The van der Waals surface area contributed by atoms with Gasteiger partial charge in [0.05, 0.1) is 11.6 Å². The Morgan fingerprint density at radius 2 is 2.20 bits per heavy atom. The van der Waals surface area contributed by atoms with E-state index >= 15 is 0 Å². The topological polar surface area (TPSA) is 29.5 Å². The first-order valence-electron chi connectivity index (χ1n) is 4.74. The minimum Gasteiger partial charge on any atom is -0.496 e. The molecule has 0 spiro atoms. The first-order valence-corrected chi connectivity index (χ1v) is 5.53. The molecule has 1 N–H and O–H groups in total. The summed E-state index contributed by atoms with van der Waals surface area (Å²) in [4.78, 5) is 0. The summed E-state index contributed by atoms with van der Waals surface area (Å²) in [5, 5.41) is 8.75. The van der Waals surface area contributed by atoms with Crippen LogP contribution in [-0.2, 0) is 6.42 Å². The second-order valence-corrected chi connectivity index (χ2v) is 4.18. The molecule has 0 fully saturated rings. The molecule has 0 bridgehead atoms. The van der Waals surface area contributed by atoms with Gasteiger partial charge in [-0.2, -0.15) is 0 Å². The summed E-state index contributed by atoms with van der Waals surface area (Å²) in [6, 6.07) is 1.69. The second-order valence-electron chi connectivity index (χ2n) is 3.33. The molecule has 0 aromatic heterocycles. The van der Waals surface area contributed by atoms with Gasteiger partial charge in [0.15, 0.2) is 0 Å². The van der Waals surface area contributed by atoms with Crippen LogP contribution in [0.3, 0.4) is 0 Å². The van der Waals surface area contributed by atoms with Crippen molar-refractivity contribution in [2.24, 2.45) is 0 Å². The fourth-order valence-electron chi connectivity index (χ4n) is 1.56. The number of aliphatic hydroxyl groups is 1. The number of ether oxygens (including phenoxy) is 1. The van der Waals surface area contributed by atoms with Gasteiger partial charge in [-0.1, -0.05) is 0 Å². The summed E-state index contributed by atoms with van der Waals surface area (Å²) >= 11 is 3.16. The molecule has 1 aromatic rings. The van der Waals surface area contributed by atoms with E-state index in [0.29, 0.717) is 28.6 Å². The zero-order valence-corrected chi connectivity index (χ0v) is 10.4. The summed E-state index contributed by atoms with van der Waals surface area (Å²) < 4.78 is 19.3. The summed E-state index contributed by atoms with van der Waals surface area (Å²) in [5.74, 6) is 0.273. The van der Waals surface area contributed by atoms with Crippen LogP contribution >= 0.6 is 15.9 Å². The summed E-state index contributed by atoms with van der Waals surface area (Å²) in [7, 11) is 1.53. The van der Waals surface area contributed by atoms with E-state index in [1.165, 1.54) is 7.11 Å². The summed E-state index contributed by atoms with van der Waals surface area (Å²) in [6.45, 7) is 1.92. The minimum absolute atomic E-state index is 0.0498. The Balaban J connectivity index is 3.18. The molecular formula is C11H14BrFO2. The van der Waals surface area contributed by atoms with Crippen molar-refractivity contribution >= 4 is 15.9 Å². The zero-order valence-electron chi connectivity index (χ0n) is 8.81. The third-order valence-electron chi connectivity index (χ3n) is 2.24. The average Bonchev–Trinajstić information content (AvgIpc) is 2.21. The maximum Gasteiger partial charge on any atom is 0.144 e. The predicted molar refractivity (Wildman–Crippen MR) is 60.8 cm³/mol. The molecule has 4 heteroatoms. The monoisotopic (exact) mass is 276 g/mol. The molecule has 0 saturated heterocycles. The molecule has 0 atom stereocenters. The van der Waals surface area contributed by atoms with Gasteiger partial charge < -0.3 is 9.84 Å². The Morgan fingerprint density at radius 1 is 1.53 bits per heavy atom. The molecule has 15 heavy (non-hydrogen) atoms. The lowest BCUT2D eigenvalue weighted by Crippen LogP contribution is -2.01. The molecule has 0 aliphatic carbocycles. The van der Waals surface area contributed by atoms with Gasteiger partial charge in [0, 0.05) is 12.2 Å². The Labute approximate surface area is 97.2 Å². The fraction of sp³-hybridized carbons (Fsp3) is 0.455. The molecule has 0 aliphatic heterocycles. The zero-order chi connectivity index (χ0) is 11.4. The molecular weight excluding hydrogens is 263 g/mol. The third-order valence-corrected chi connectivity index (χ3v) is 2.82. The van der Waals surface area contributed by atoms with E-state index in [1.54, 1.807) is 6.07 Å². The highest BCUT2D eigenvalue weighted by Crippen LogP contribution is 2.32. The third kappa shape index (κ3) is 2.69. The smallest absolute Gasteiger partial charge is 0.144 e. The van der Waals surface area contributed by atoms with Crippen LogP contribution in [0.5, 0.6) is 5.75 Å². The van der Waals surface area contributed by atoms with Crippen molar-refractivity contribution in [2.75, 3.05) is 13.7 Å². The van der Waals surface area contributed by atoms with Crippen LogP contribution in [0, 0.1) is 12.7 Å². The average molecular weight is 277 g/mol. The van der Waals surface area contributed by atoms with Gasteiger partial charge in [-0.05, 0) is 47.3 Å². The van der Waals surface area contributed by atoms with Crippen LogP contribution in [0.1, 0.15) is 17.5 Å². The first-order chi connectivity index (χ1) is 7.11. The Bertz CT molecular complexity index is 353. The van der Waals surface area contributed by atoms with Crippen molar-refractivity contribution in [1.29, 1.82) is 0 Å². The largest absolute Gasteiger partial charge is 0.496 e. The number of hydrogen-bond acceptors (Lipinski definition) is 2. The van der Waals surface area contributed by atoms with Gasteiger partial charge in [0.2, 0.25) is 0 Å². The molecule has 84 valence electrons. The van der Waals surface area contributed by atoms with E-state index in [0.717, 1.165) is 5.56 Å². The lowest BCUT2D eigenvalue weighted by molar-refractivity contribution is 0.287. The van der Waals surface area contributed by atoms with Crippen molar-refractivity contribution in [2.45, 2.75) is 19.8 Å². The molecule has 0 aliphatic rings. The molecule has 0 saturated carbocycles. The molecule has 1 rings (SSSR count). The van der Waals surface area contributed by atoms with Gasteiger partial charge in [-0.25, -0.2) is 4.39 Å². The molecule has 0 radical (unpaired) electrons. The van der Waals surface area contributed by atoms with Gasteiger partial charge in [-0.3, -0.25) is 0 Å². The van der Waals surface area contributed by atoms with Crippen molar-refractivity contribution in [3.05, 3.63) is 27.5 Å². The number of hydrogen-bond donors (Lipinski definition) is 1. The molecule has 0 heterocycles. The number of halogens is 2. The van der Waals surface area contributed by atoms with Crippen LogP contribution in [-0.4, -0.2) is 18.8 Å². The normalized spacial score (nSPS) is 10.5. The van der Waals surface area contributed by atoms with Crippen molar-refractivity contribution < 1.29 is 14.2 Å². The SMILES string of the molecule is COc1c(C)cc(Br)c(F)c1CCCO. The number of aryl methyl sites for hydroxylation is 1. The highest BCUT2D eigenvalue weighted by Gasteiger charge is 2.15. The Morgan fingerprint density at radius 3 is 2.73 bits per heavy atom. The van der Waals surface area contributed by atoms with Crippen LogP contribution in [0.15, 0.2) is 10.5 Å². The Hall–Kier alpha value is -0.610. The van der Waals surface area contributed by atoms with E-state index in [2.05, 4.69) is 15.9 Å². The Kier molecular flexibility index (Phi) is 4.54. The highest BCUT2D eigenvalue weighted by atomic mass is 79.9. The lowest BCUT2D eigenvalue weighted by atomic mass is 10.0. The quantitative estimate of drug-likeness (QED) is 0.917. The highest BCUT2D eigenvalue weighted by molar-refractivity contribution is 9.10. The summed E-state index contributed by atoms with van der Waals surface area (Å²) in [5.41, 5.74) is 1.41. The predicted octanol–water partition coefficient (Wildman–Crippen LogP) is 2.83. The van der Waals surface area contributed by atoms with Crippen LogP contribution in [0.2, 0.25) is 0 Å². The first kappa shape index (κ1) is 12.5. The van der Waals surface area contributed by atoms with Crippen molar-refractivity contribution in [3.63, 3.8) is 0 Å². The van der Waals surface area contributed by atoms with E-state index in [4.69, 9.17) is 9.84 Å². The van der Waals surface area contributed by atoms with E-state index in [1.807, 2.05) is 6.92 Å². The number of rotatable bonds is 4. The molecule has 0 amide bonds. The molecule has 2 nitrogen and oxygen atoms in total. The summed E-state index contributed by atoms with van der Waals surface area (Å²) in [6.07, 6.45) is 1.01. The van der Waals surface area contributed by atoms with Crippen LogP contribution < -0.4 is 4.74 Å². The van der Waals surface area contributed by atoms with Crippen LogP contribution in [0.25, 0.3) is 0 Å². The number of benzene rings is 1. The fourth-order valence-corrected chi connectivity index (χ4v) is 2.15. The lowest BCUT2D eigenvalue weighted by Gasteiger charge is -2.13. The van der Waals surface area contributed by atoms with Gasteiger partial charge in [-0.15, -0.1) is 0 Å². The number of aliphatic hydroxyl groups excluding tert-OH is 1. The van der Waals surface area contributed by atoms with Crippen LogP contribution in [0.4, 0.5) is 4.39 Å². The standard InChI is InChI=1S/C11H14BrFO2/c1-7-6-9(12)10(13)8(4-3-5-14)11(7)15-2/h6,14H,3-5H2,1-2H3. The second kappa shape index (κ2) is 5.47. The van der Waals surface area contributed by atoms with E-state index in [-0.39, 0.29) is 12.4 Å². The minimum atomic E-state index is -0.300. The van der Waals surface area contributed by atoms with Crippen molar-refractivity contribution in [1.82, 2.24) is 0 Å². The van der Waals surface area contributed by atoms with Crippen molar-refractivity contribution in [3.8, 4) is 5.75 Å². The molecule has 0 unspecified atom stereocenters.